The molecule has 0 unspecified atom stereocenters. The maximum atomic E-state index is 12.2. The second kappa shape index (κ2) is 8.66. The molecule has 7 heteroatoms. The molecule has 26 heavy (non-hydrogen) atoms. The summed E-state index contributed by atoms with van der Waals surface area (Å²) in [4.78, 5) is 16.4. The lowest BCUT2D eigenvalue weighted by Crippen LogP contribution is -2.27. The number of hydrogen-bond donors (Lipinski definition) is 3. The first-order valence-electron chi connectivity index (χ1n) is 8.09. The van der Waals surface area contributed by atoms with E-state index in [4.69, 9.17) is 16.3 Å². The zero-order chi connectivity index (χ0) is 19.1. The molecule has 136 valence electrons. The lowest BCUT2D eigenvalue weighted by molar-refractivity contribution is -0.119. The fourth-order valence-electron chi connectivity index (χ4n) is 2.49. The average molecular weight is 353 g/mol. The van der Waals surface area contributed by atoms with Crippen molar-refractivity contribution in [3.63, 3.8) is 0 Å². The lowest BCUT2D eigenvalue weighted by atomic mass is 10.1. The molecule has 1 aromatic heterocycles. The quantitative estimate of drug-likeness (QED) is 0.183. The van der Waals surface area contributed by atoms with E-state index in [9.17, 15) is 4.79 Å². The summed E-state index contributed by atoms with van der Waals surface area (Å²) in [5.41, 5.74) is 9.29. The highest BCUT2D eigenvalue weighted by atomic mass is 16.5. The fourth-order valence-corrected chi connectivity index (χ4v) is 2.49. The minimum Gasteiger partial charge on any atom is -0.436 e. The van der Waals surface area contributed by atoms with Gasteiger partial charge in [0, 0.05) is 12.2 Å². The van der Waals surface area contributed by atoms with Crippen LogP contribution in [0.25, 0.3) is 0 Å². The van der Waals surface area contributed by atoms with E-state index in [1.54, 1.807) is 6.07 Å². The Morgan fingerprint density at radius 1 is 1.31 bits per heavy atom. The van der Waals surface area contributed by atoms with Crippen LogP contribution in [0.4, 0.5) is 5.82 Å². The standard InChI is InChI=1S/C19H23N5O2/c1-12-9-17(20)23-13(2)16(12)11-22-19(25)14(3)26-18(24-21)10-15-7-5-4-6-8-15/h4-9H,3,10-11,21H2,1-2H3,(H2,20,23)(H,22,25)/b24-18-. The third-order valence-electron chi connectivity index (χ3n) is 3.84. The number of carbonyl (C=O) groups excluding carboxylic acids is 1. The highest BCUT2D eigenvalue weighted by Crippen LogP contribution is 2.14. The second-order valence-corrected chi connectivity index (χ2v) is 5.82. The Labute approximate surface area is 152 Å². The van der Waals surface area contributed by atoms with Crippen LogP contribution in [0, 0.1) is 13.8 Å². The second-order valence-electron chi connectivity index (χ2n) is 5.82. The normalized spacial score (nSPS) is 11.1. The number of nitrogens with two attached hydrogens (primary N) is 2. The topological polar surface area (TPSA) is 116 Å². The van der Waals surface area contributed by atoms with Crippen LogP contribution in [-0.4, -0.2) is 16.8 Å². The number of nitrogens with zero attached hydrogens (tertiary/aromatic N) is 2. The van der Waals surface area contributed by atoms with Crippen LogP contribution < -0.4 is 16.9 Å². The van der Waals surface area contributed by atoms with Crippen molar-refractivity contribution in [2.45, 2.75) is 26.8 Å². The molecule has 7 nitrogen and oxygen atoms in total. The summed E-state index contributed by atoms with van der Waals surface area (Å²) in [5, 5.41) is 6.34. The molecule has 0 fully saturated rings. The maximum absolute atomic E-state index is 12.2. The van der Waals surface area contributed by atoms with Crippen LogP contribution in [0.2, 0.25) is 0 Å². The molecule has 0 aliphatic carbocycles. The first kappa shape index (κ1) is 19.0. The summed E-state index contributed by atoms with van der Waals surface area (Å²) in [6, 6.07) is 11.3. The Balaban J connectivity index is 1.94. The number of amides is 1. The minimum atomic E-state index is -0.449. The molecule has 1 amide bonds. The molecule has 0 saturated carbocycles. The molecule has 1 heterocycles. The highest BCUT2D eigenvalue weighted by molar-refractivity contribution is 5.94. The maximum Gasteiger partial charge on any atom is 0.286 e. The number of carbonyl (C=O) groups is 1. The molecule has 2 rings (SSSR count). The number of anilines is 1. The third-order valence-corrected chi connectivity index (χ3v) is 3.84. The lowest BCUT2D eigenvalue weighted by Gasteiger charge is -2.13. The van der Waals surface area contributed by atoms with Crippen molar-refractivity contribution in [3.8, 4) is 0 Å². The van der Waals surface area contributed by atoms with Gasteiger partial charge in [-0.15, -0.1) is 5.10 Å². The predicted molar refractivity (Wildman–Crippen MR) is 102 cm³/mol. The average Bonchev–Trinajstić information content (AvgIpc) is 2.60. The number of pyridine rings is 1. The number of hydrogen-bond acceptors (Lipinski definition) is 6. The van der Waals surface area contributed by atoms with E-state index in [0.717, 1.165) is 22.4 Å². The Bertz CT molecular complexity index is 808. The van der Waals surface area contributed by atoms with Gasteiger partial charge in [0.25, 0.3) is 5.91 Å². The van der Waals surface area contributed by atoms with E-state index in [2.05, 4.69) is 22.0 Å². The Kier molecular flexibility index (Phi) is 6.32. The largest absolute Gasteiger partial charge is 0.436 e. The van der Waals surface area contributed by atoms with E-state index in [1.165, 1.54) is 0 Å². The number of nitrogen functional groups attached to an aromatic ring is 1. The van der Waals surface area contributed by atoms with Gasteiger partial charge in [-0.2, -0.15) is 0 Å². The van der Waals surface area contributed by atoms with Crippen molar-refractivity contribution in [3.05, 3.63) is 71.1 Å². The smallest absolute Gasteiger partial charge is 0.286 e. The van der Waals surface area contributed by atoms with Gasteiger partial charge in [0.05, 0.1) is 6.42 Å². The number of nitrogens with one attached hydrogen (secondary N) is 1. The van der Waals surface area contributed by atoms with Gasteiger partial charge >= 0.3 is 0 Å². The van der Waals surface area contributed by atoms with E-state index in [-0.39, 0.29) is 11.7 Å². The van der Waals surface area contributed by atoms with E-state index in [0.29, 0.717) is 18.8 Å². The minimum absolute atomic E-state index is 0.0798. The number of ether oxygens (including phenoxy) is 1. The van der Waals surface area contributed by atoms with Crippen LogP contribution in [0.5, 0.6) is 0 Å². The van der Waals surface area contributed by atoms with Crippen molar-refractivity contribution in [1.29, 1.82) is 0 Å². The third kappa shape index (κ3) is 5.07. The summed E-state index contributed by atoms with van der Waals surface area (Å²) in [7, 11) is 0. The molecule has 0 spiro atoms. The molecule has 0 saturated heterocycles. The van der Waals surface area contributed by atoms with Gasteiger partial charge in [-0.1, -0.05) is 36.9 Å². The van der Waals surface area contributed by atoms with E-state index < -0.39 is 5.91 Å². The van der Waals surface area contributed by atoms with Gasteiger partial charge in [-0.3, -0.25) is 4.79 Å². The molecule has 0 aliphatic rings. The first-order chi connectivity index (χ1) is 12.4. The Morgan fingerprint density at radius 2 is 2.00 bits per heavy atom. The molecule has 0 aliphatic heterocycles. The number of benzene rings is 1. The van der Waals surface area contributed by atoms with E-state index >= 15 is 0 Å². The van der Waals surface area contributed by atoms with Crippen LogP contribution in [-0.2, 0) is 22.5 Å². The first-order valence-corrected chi connectivity index (χ1v) is 8.09. The monoisotopic (exact) mass is 353 g/mol. The van der Waals surface area contributed by atoms with Crippen LogP contribution >= 0.6 is 0 Å². The van der Waals surface area contributed by atoms with Crippen molar-refractivity contribution in [2.75, 3.05) is 5.73 Å². The number of aromatic nitrogens is 1. The van der Waals surface area contributed by atoms with Gasteiger partial charge in [-0.05, 0) is 36.6 Å². The predicted octanol–water partition coefficient (Wildman–Crippen LogP) is 1.94. The summed E-state index contributed by atoms with van der Waals surface area (Å²) in [6.45, 7) is 7.70. The van der Waals surface area contributed by atoms with Gasteiger partial charge in [-0.25, -0.2) is 4.98 Å². The molecule has 1 aromatic carbocycles. The van der Waals surface area contributed by atoms with Gasteiger partial charge in [0.15, 0.2) is 5.76 Å². The number of hydrazone groups is 1. The molecule has 0 bridgehead atoms. The van der Waals surface area contributed by atoms with Crippen molar-refractivity contribution in [1.82, 2.24) is 10.3 Å². The zero-order valence-electron chi connectivity index (χ0n) is 15.0. The fraction of sp³-hybridized carbons (Fsp3) is 0.211. The molecule has 5 N–H and O–H groups in total. The number of aryl methyl sites for hydroxylation is 2. The van der Waals surface area contributed by atoms with Crippen LogP contribution in [0.1, 0.15) is 22.4 Å². The summed E-state index contributed by atoms with van der Waals surface area (Å²) >= 11 is 0. The number of rotatable bonds is 6. The SMILES string of the molecule is C=C(O/C(Cc1ccccc1)=N\N)C(=O)NCc1c(C)cc(N)nc1C. The molecular formula is C19H23N5O2. The molecular weight excluding hydrogens is 330 g/mol. The molecule has 2 aromatic rings. The highest BCUT2D eigenvalue weighted by Gasteiger charge is 2.14. The van der Waals surface area contributed by atoms with Crippen molar-refractivity contribution >= 4 is 17.6 Å². The summed E-state index contributed by atoms with van der Waals surface area (Å²) in [6.07, 6.45) is 0.365. The summed E-state index contributed by atoms with van der Waals surface area (Å²) < 4.78 is 5.42. The van der Waals surface area contributed by atoms with Crippen molar-refractivity contribution in [2.24, 2.45) is 10.9 Å². The Hall–Kier alpha value is -3.35. The van der Waals surface area contributed by atoms with E-state index in [1.807, 2.05) is 44.2 Å². The summed E-state index contributed by atoms with van der Waals surface area (Å²) in [5.74, 6) is 5.49. The molecule has 0 atom stereocenters. The van der Waals surface area contributed by atoms with Gasteiger partial charge < -0.3 is 21.6 Å². The zero-order valence-corrected chi connectivity index (χ0v) is 15.0. The van der Waals surface area contributed by atoms with Gasteiger partial charge in [0.2, 0.25) is 5.90 Å². The van der Waals surface area contributed by atoms with Crippen LogP contribution in [0.15, 0.2) is 53.8 Å². The van der Waals surface area contributed by atoms with Crippen LogP contribution in [0.3, 0.4) is 0 Å². The Morgan fingerprint density at radius 3 is 2.62 bits per heavy atom. The molecule has 0 radical (unpaired) electrons. The van der Waals surface area contributed by atoms with Gasteiger partial charge in [0.1, 0.15) is 5.82 Å². The van der Waals surface area contributed by atoms with Crippen molar-refractivity contribution < 1.29 is 9.53 Å².